The average Bonchev–Trinajstić information content (AvgIpc) is 2.46. The number of rotatable bonds is 7. The molecule has 0 saturated heterocycles. The van der Waals surface area contributed by atoms with Gasteiger partial charge in [0, 0.05) is 18.2 Å². The molecule has 0 aliphatic rings. The first-order valence-corrected chi connectivity index (χ1v) is 7.11. The summed E-state index contributed by atoms with van der Waals surface area (Å²) in [4.78, 5) is 4.35. The Labute approximate surface area is 120 Å². The number of aryl methyl sites for hydroxylation is 1. The van der Waals surface area contributed by atoms with E-state index in [4.69, 9.17) is 10.5 Å². The predicted molar refractivity (Wildman–Crippen MR) is 81.8 cm³/mol. The van der Waals surface area contributed by atoms with E-state index in [1.54, 1.807) is 6.20 Å². The van der Waals surface area contributed by atoms with Gasteiger partial charge in [-0.05, 0) is 37.5 Å². The van der Waals surface area contributed by atoms with Gasteiger partial charge in [-0.3, -0.25) is 4.98 Å². The first-order valence-electron chi connectivity index (χ1n) is 7.11. The van der Waals surface area contributed by atoms with Crippen LogP contribution in [0.5, 0.6) is 5.75 Å². The Morgan fingerprint density at radius 2 is 1.95 bits per heavy atom. The minimum atomic E-state index is 0.139. The lowest BCUT2D eigenvalue weighted by atomic mass is 10.1. The van der Waals surface area contributed by atoms with Gasteiger partial charge in [-0.2, -0.15) is 0 Å². The van der Waals surface area contributed by atoms with Crippen LogP contribution in [0, 0.1) is 0 Å². The van der Waals surface area contributed by atoms with E-state index in [-0.39, 0.29) is 6.04 Å². The number of nitrogens with zero attached hydrogens (tertiary/aromatic N) is 1. The number of hydrogen-bond acceptors (Lipinski definition) is 3. The van der Waals surface area contributed by atoms with Crippen molar-refractivity contribution >= 4 is 0 Å². The zero-order valence-corrected chi connectivity index (χ0v) is 12.0. The van der Waals surface area contributed by atoms with Crippen molar-refractivity contribution in [2.45, 2.75) is 32.2 Å². The van der Waals surface area contributed by atoms with Crippen molar-refractivity contribution in [2.75, 3.05) is 6.61 Å². The van der Waals surface area contributed by atoms with E-state index in [1.807, 2.05) is 25.1 Å². The van der Waals surface area contributed by atoms with E-state index in [0.29, 0.717) is 6.61 Å². The molecule has 3 nitrogen and oxygen atoms in total. The second kappa shape index (κ2) is 7.65. The van der Waals surface area contributed by atoms with E-state index < -0.39 is 0 Å². The van der Waals surface area contributed by atoms with Gasteiger partial charge >= 0.3 is 0 Å². The summed E-state index contributed by atoms with van der Waals surface area (Å²) in [6.45, 7) is 2.69. The van der Waals surface area contributed by atoms with Crippen molar-refractivity contribution in [3.05, 3.63) is 59.9 Å². The van der Waals surface area contributed by atoms with Gasteiger partial charge in [0.1, 0.15) is 5.75 Å². The molecule has 106 valence electrons. The van der Waals surface area contributed by atoms with Gasteiger partial charge in [0.15, 0.2) is 0 Å². The Hall–Kier alpha value is -1.87. The predicted octanol–water partition coefficient (Wildman–Crippen LogP) is 2.98. The summed E-state index contributed by atoms with van der Waals surface area (Å²) in [6.07, 6.45) is 4.62. The van der Waals surface area contributed by atoms with Gasteiger partial charge in [0.25, 0.3) is 0 Å². The number of benzene rings is 1. The summed E-state index contributed by atoms with van der Waals surface area (Å²) in [5, 5.41) is 0. The maximum atomic E-state index is 5.74. The summed E-state index contributed by atoms with van der Waals surface area (Å²) >= 11 is 0. The highest BCUT2D eigenvalue weighted by Crippen LogP contribution is 2.11. The zero-order chi connectivity index (χ0) is 14.2. The lowest BCUT2D eigenvalue weighted by Crippen LogP contribution is -2.18. The van der Waals surface area contributed by atoms with Crippen LogP contribution in [0.1, 0.15) is 24.6 Å². The molecule has 0 bridgehead atoms. The molecule has 0 saturated carbocycles. The molecular formula is C17H22N2O. The monoisotopic (exact) mass is 270 g/mol. The van der Waals surface area contributed by atoms with Gasteiger partial charge in [-0.15, -0.1) is 0 Å². The third-order valence-electron chi connectivity index (χ3n) is 3.05. The Morgan fingerprint density at radius 3 is 2.60 bits per heavy atom. The van der Waals surface area contributed by atoms with Crippen LogP contribution in [0.2, 0.25) is 0 Å². The molecule has 0 aliphatic heterocycles. The first kappa shape index (κ1) is 14.5. The number of pyridine rings is 1. The van der Waals surface area contributed by atoms with Crippen LogP contribution in [0.15, 0.2) is 48.7 Å². The van der Waals surface area contributed by atoms with Crippen LogP contribution in [0.3, 0.4) is 0 Å². The second-order valence-electron chi connectivity index (χ2n) is 5.10. The molecule has 3 heteroatoms. The molecule has 2 aromatic rings. The molecule has 20 heavy (non-hydrogen) atoms. The summed E-state index contributed by atoms with van der Waals surface area (Å²) in [5.74, 6) is 0.825. The van der Waals surface area contributed by atoms with Crippen molar-refractivity contribution in [1.29, 1.82) is 0 Å². The normalized spacial score (nSPS) is 12.1. The van der Waals surface area contributed by atoms with Crippen molar-refractivity contribution in [2.24, 2.45) is 5.73 Å². The van der Waals surface area contributed by atoms with Crippen molar-refractivity contribution < 1.29 is 4.74 Å². The number of hydrogen-bond donors (Lipinski definition) is 1. The molecule has 0 fully saturated rings. The van der Waals surface area contributed by atoms with Crippen LogP contribution in [0.25, 0.3) is 0 Å². The second-order valence-corrected chi connectivity index (χ2v) is 5.10. The lowest BCUT2D eigenvalue weighted by molar-refractivity contribution is 0.309. The summed E-state index contributed by atoms with van der Waals surface area (Å²) in [5.41, 5.74) is 8.10. The molecule has 0 aliphatic carbocycles. The summed E-state index contributed by atoms with van der Waals surface area (Å²) < 4.78 is 5.69. The van der Waals surface area contributed by atoms with Gasteiger partial charge < -0.3 is 10.5 Å². The standard InChI is InChI=1S/C17H22N2O/c1-14(18)12-16-9-10-17(13-19-16)20-11-5-8-15-6-3-2-4-7-15/h2-4,6-7,9-10,13-14H,5,8,11-12,18H2,1H3. The number of nitrogens with two attached hydrogens (primary N) is 1. The van der Waals surface area contributed by atoms with Crippen LogP contribution in [-0.4, -0.2) is 17.6 Å². The minimum absolute atomic E-state index is 0.139. The third kappa shape index (κ3) is 5.02. The van der Waals surface area contributed by atoms with Gasteiger partial charge in [0.2, 0.25) is 0 Å². The van der Waals surface area contributed by atoms with Crippen molar-refractivity contribution in [3.8, 4) is 5.75 Å². The molecule has 2 N–H and O–H groups in total. The fourth-order valence-corrected chi connectivity index (χ4v) is 2.06. The highest BCUT2D eigenvalue weighted by molar-refractivity contribution is 5.20. The molecule has 0 amide bonds. The van der Waals surface area contributed by atoms with Gasteiger partial charge in [-0.1, -0.05) is 30.3 Å². The number of ether oxygens (including phenoxy) is 1. The smallest absolute Gasteiger partial charge is 0.137 e. The zero-order valence-electron chi connectivity index (χ0n) is 12.0. The molecule has 2 rings (SSSR count). The lowest BCUT2D eigenvalue weighted by Gasteiger charge is -2.08. The Kier molecular flexibility index (Phi) is 5.56. The molecule has 1 unspecified atom stereocenters. The van der Waals surface area contributed by atoms with E-state index >= 15 is 0 Å². The third-order valence-corrected chi connectivity index (χ3v) is 3.05. The topological polar surface area (TPSA) is 48.1 Å². The SMILES string of the molecule is CC(N)Cc1ccc(OCCCc2ccccc2)cn1. The van der Waals surface area contributed by atoms with Crippen LogP contribution < -0.4 is 10.5 Å². The highest BCUT2D eigenvalue weighted by atomic mass is 16.5. The highest BCUT2D eigenvalue weighted by Gasteiger charge is 2.00. The Bertz CT molecular complexity index is 494. The van der Waals surface area contributed by atoms with Crippen LogP contribution >= 0.6 is 0 Å². The van der Waals surface area contributed by atoms with E-state index in [9.17, 15) is 0 Å². The fourth-order valence-electron chi connectivity index (χ4n) is 2.06. The largest absolute Gasteiger partial charge is 0.492 e. The van der Waals surface area contributed by atoms with E-state index in [1.165, 1.54) is 5.56 Å². The molecule has 1 heterocycles. The maximum Gasteiger partial charge on any atom is 0.137 e. The van der Waals surface area contributed by atoms with Crippen molar-refractivity contribution in [3.63, 3.8) is 0 Å². The first-order chi connectivity index (χ1) is 9.74. The molecule has 0 spiro atoms. The van der Waals surface area contributed by atoms with Crippen molar-refractivity contribution in [1.82, 2.24) is 4.98 Å². The Balaban J connectivity index is 1.71. The average molecular weight is 270 g/mol. The molecular weight excluding hydrogens is 248 g/mol. The summed E-state index contributed by atoms with van der Waals surface area (Å²) in [7, 11) is 0. The maximum absolute atomic E-state index is 5.74. The quantitative estimate of drug-likeness (QED) is 0.787. The Morgan fingerprint density at radius 1 is 1.15 bits per heavy atom. The fraction of sp³-hybridized carbons (Fsp3) is 0.353. The molecule has 1 atom stereocenters. The minimum Gasteiger partial charge on any atom is -0.492 e. The van der Waals surface area contributed by atoms with Gasteiger partial charge in [0.05, 0.1) is 12.8 Å². The van der Waals surface area contributed by atoms with E-state index in [0.717, 1.165) is 30.7 Å². The molecule has 0 radical (unpaired) electrons. The van der Waals surface area contributed by atoms with Gasteiger partial charge in [-0.25, -0.2) is 0 Å². The summed E-state index contributed by atoms with van der Waals surface area (Å²) in [6, 6.07) is 14.5. The molecule has 1 aromatic carbocycles. The van der Waals surface area contributed by atoms with Crippen LogP contribution in [0.4, 0.5) is 0 Å². The van der Waals surface area contributed by atoms with Crippen LogP contribution in [-0.2, 0) is 12.8 Å². The molecule has 1 aromatic heterocycles. The number of aromatic nitrogens is 1. The van der Waals surface area contributed by atoms with E-state index in [2.05, 4.69) is 29.2 Å².